The second-order valence-electron chi connectivity index (χ2n) is 5.37. The number of thiazole rings is 1. The van der Waals surface area contributed by atoms with Crippen molar-refractivity contribution in [1.29, 1.82) is 0 Å². The molecule has 5 nitrogen and oxygen atoms in total. The predicted octanol–water partition coefficient (Wildman–Crippen LogP) is 3.60. The van der Waals surface area contributed by atoms with Crippen molar-refractivity contribution in [2.45, 2.75) is 32.7 Å². The summed E-state index contributed by atoms with van der Waals surface area (Å²) in [5.74, 6) is -0.359. The highest BCUT2D eigenvalue weighted by atomic mass is 32.1. The van der Waals surface area contributed by atoms with Gasteiger partial charge >= 0.3 is 5.97 Å². The van der Waals surface area contributed by atoms with Gasteiger partial charge in [0.2, 0.25) is 0 Å². The van der Waals surface area contributed by atoms with Crippen LogP contribution in [0, 0.1) is 0 Å². The summed E-state index contributed by atoms with van der Waals surface area (Å²) in [6, 6.07) is 7.66. The predicted molar refractivity (Wildman–Crippen MR) is 94.6 cm³/mol. The molecule has 0 bridgehead atoms. The van der Waals surface area contributed by atoms with Crippen LogP contribution in [0.4, 0.5) is 10.8 Å². The maximum absolute atomic E-state index is 11.8. The highest BCUT2D eigenvalue weighted by Crippen LogP contribution is 2.24. The molecule has 2 N–H and O–H groups in total. The number of para-hydroxylation sites is 1. The van der Waals surface area contributed by atoms with E-state index < -0.39 is 0 Å². The second-order valence-corrected chi connectivity index (χ2v) is 6.22. The van der Waals surface area contributed by atoms with Gasteiger partial charge in [-0.1, -0.05) is 19.1 Å². The average molecular weight is 333 g/mol. The summed E-state index contributed by atoms with van der Waals surface area (Å²) in [6.07, 6.45) is 2.01. The van der Waals surface area contributed by atoms with Crippen LogP contribution in [0.1, 0.15) is 36.3 Å². The van der Waals surface area contributed by atoms with Gasteiger partial charge in [0.1, 0.15) is 0 Å². The summed E-state index contributed by atoms with van der Waals surface area (Å²) in [5.41, 5.74) is 2.26. The Kier molecular flexibility index (Phi) is 6.55. The van der Waals surface area contributed by atoms with E-state index in [-0.39, 0.29) is 5.97 Å². The molecular formula is C17H23N3O2S. The maximum Gasteiger partial charge on any atom is 0.339 e. The maximum atomic E-state index is 11.8. The number of hydrogen-bond donors (Lipinski definition) is 2. The number of ether oxygens (including phenoxy) is 1. The van der Waals surface area contributed by atoms with Gasteiger partial charge in [-0.3, -0.25) is 0 Å². The van der Waals surface area contributed by atoms with Gasteiger partial charge in [-0.25, -0.2) is 9.78 Å². The molecular weight excluding hydrogens is 310 g/mol. The van der Waals surface area contributed by atoms with E-state index in [1.54, 1.807) is 6.07 Å². The van der Waals surface area contributed by atoms with E-state index in [0.717, 1.165) is 30.2 Å². The van der Waals surface area contributed by atoms with Crippen molar-refractivity contribution in [3.05, 3.63) is 40.9 Å². The number of benzene rings is 1. The van der Waals surface area contributed by atoms with Crippen molar-refractivity contribution in [2.75, 3.05) is 19.0 Å². The lowest BCUT2D eigenvalue weighted by Gasteiger charge is -2.11. The van der Waals surface area contributed by atoms with Gasteiger partial charge in [-0.15, -0.1) is 11.3 Å². The molecule has 0 radical (unpaired) electrons. The van der Waals surface area contributed by atoms with Crippen molar-refractivity contribution < 1.29 is 9.53 Å². The first-order valence-corrected chi connectivity index (χ1v) is 8.64. The van der Waals surface area contributed by atoms with Gasteiger partial charge in [0.15, 0.2) is 5.13 Å². The molecule has 0 fully saturated rings. The van der Waals surface area contributed by atoms with Crippen LogP contribution in [0.2, 0.25) is 0 Å². The molecule has 0 aliphatic heterocycles. The highest BCUT2D eigenvalue weighted by Gasteiger charge is 2.13. The van der Waals surface area contributed by atoms with E-state index in [1.807, 2.05) is 23.6 Å². The number of esters is 1. The fraction of sp³-hybridized carbons (Fsp3) is 0.412. The van der Waals surface area contributed by atoms with Gasteiger partial charge in [0.25, 0.3) is 0 Å². The molecule has 2 aromatic rings. The zero-order chi connectivity index (χ0) is 16.7. The molecule has 6 heteroatoms. The first-order chi connectivity index (χ1) is 11.1. The summed E-state index contributed by atoms with van der Waals surface area (Å²) in [7, 11) is 1.38. The zero-order valence-corrected chi connectivity index (χ0v) is 14.6. The molecule has 2 rings (SSSR count). The molecule has 0 saturated heterocycles. The quantitative estimate of drug-likeness (QED) is 0.723. The van der Waals surface area contributed by atoms with Crippen LogP contribution in [0.15, 0.2) is 29.6 Å². The SMILES string of the molecule is CCCNC(C)Cc1csc(Nc2ccccc2C(=O)OC)n1. The van der Waals surface area contributed by atoms with Crippen LogP contribution in [0.25, 0.3) is 0 Å². The zero-order valence-electron chi connectivity index (χ0n) is 13.8. The van der Waals surface area contributed by atoms with Crippen LogP contribution in [0.5, 0.6) is 0 Å². The van der Waals surface area contributed by atoms with Crippen LogP contribution in [0.3, 0.4) is 0 Å². The molecule has 0 saturated carbocycles. The third kappa shape index (κ3) is 5.04. The topological polar surface area (TPSA) is 63.2 Å². The fourth-order valence-corrected chi connectivity index (χ4v) is 2.97. The van der Waals surface area contributed by atoms with E-state index >= 15 is 0 Å². The third-order valence-electron chi connectivity index (χ3n) is 3.38. The van der Waals surface area contributed by atoms with Crippen molar-refractivity contribution in [1.82, 2.24) is 10.3 Å². The number of nitrogens with zero attached hydrogens (tertiary/aromatic N) is 1. The first-order valence-electron chi connectivity index (χ1n) is 7.76. The van der Waals surface area contributed by atoms with E-state index in [1.165, 1.54) is 18.4 Å². The molecule has 1 unspecified atom stereocenters. The van der Waals surface area contributed by atoms with Gasteiger partial charge in [-0.05, 0) is 32.0 Å². The van der Waals surface area contributed by atoms with E-state index in [2.05, 4.69) is 29.5 Å². The minimum absolute atomic E-state index is 0.359. The summed E-state index contributed by atoms with van der Waals surface area (Å²) in [4.78, 5) is 16.4. The number of carbonyl (C=O) groups is 1. The van der Waals surface area contributed by atoms with Gasteiger partial charge in [0, 0.05) is 17.8 Å². The molecule has 1 atom stereocenters. The molecule has 124 valence electrons. The molecule has 0 amide bonds. The Morgan fingerprint density at radius 1 is 1.39 bits per heavy atom. The van der Waals surface area contributed by atoms with Crippen LogP contribution in [-0.2, 0) is 11.2 Å². The monoisotopic (exact) mass is 333 g/mol. The smallest absolute Gasteiger partial charge is 0.339 e. The summed E-state index contributed by atoms with van der Waals surface area (Å²) in [5, 5.41) is 9.49. The lowest BCUT2D eigenvalue weighted by molar-refractivity contribution is 0.0602. The van der Waals surface area contributed by atoms with Crippen LogP contribution >= 0.6 is 11.3 Å². The van der Waals surface area contributed by atoms with E-state index in [0.29, 0.717) is 17.3 Å². The Balaban J connectivity index is 2.03. The molecule has 1 aromatic heterocycles. The minimum Gasteiger partial charge on any atom is -0.465 e. The Morgan fingerprint density at radius 3 is 2.91 bits per heavy atom. The molecule has 1 heterocycles. The third-order valence-corrected chi connectivity index (χ3v) is 4.19. The Hall–Kier alpha value is -1.92. The molecule has 1 aromatic carbocycles. The standard InChI is InChI=1S/C17H23N3O2S/c1-4-9-18-12(2)10-13-11-23-17(19-13)20-15-8-6-5-7-14(15)16(21)22-3/h5-8,11-12,18H,4,9-10H2,1-3H3,(H,19,20). The van der Waals surface area contributed by atoms with Crippen molar-refractivity contribution in [3.63, 3.8) is 0 Å². The number of carbonyl (C=O) groups excluding carboxylic acids is 1. The largest absolute Gasteiger partial charge is 0.465 e. The van der Waals surface area contributed by atoms with Crippen LogP contribution in [-0.4, -0.2) is 30.6 Å². The Morgan fingerprint density at radius 2 is 2.17 bits per heavy atom. The minimum atomic E-state index is -0.359. The van der Waals surface area contributed by atoms with Gasteiger partial charge in [0.05, 0.1) is 24.1 Å². The van der Waals surface area contributed by atoms with Crippen LogP contribution < -0.4 is 10.6 Å². The number of rotatable bonds is 8. The molecule has 0 aliphatic carbocycles. The van der Waals surface area contributed by atoms with Crippen molar-refractivity contribution in [3.8, 4) is 0 Å². The number of nitrogens with one attached hydrogen (secondary N) is 2. The van der Waals surface area contributed by atoms with E-state index in [9.17, 15) is 4.79 Å². The van der Waals surface area contributed by atoms with Crippen molar-refractivity contribution >= 4 is 28.1 Å². The average Bonchev–Trinajstić information content (AvgIpc) is 2.99. The number of hydrogen-bond acceptors (Lipinski definition) is 6. The Labute approximate surface area is 141 Å². The summed E-state index contributed by atoms with van der Waals surface area (Å²) in [6.45, 7) is 5.33. The number of methoxy groups -OCH3 is 1. The molecule has 0 aliphatic rings. The van der Waals surface area contributed by atoms with E-state index in [4.69, 9.17) is 4.74 Å². The summed E-state index contributed by atoms with van der Waals surface area (Å²) < 4.78 is 4.81. The lowest BCUT2D eigenvalue weighted by Crippen LogP contribution is -2.28. The summed E-state index contributed by atoms with van der Waals surface area (Å²) >= 11 is 1.54. The van der Waals surface area contributed by atoms with Gasteiger partial charge < -0.3 is 15.4 Å². The normalized spacial score (nSPS) is 12.0. The molecule has 23 heavy (non-hydrogen) atoms. The second kappa shape index (κ2) is 8.64. The number of aromatic nitrogens is 1. The number of anilines is 2. The van der Waals surface area contributed by atoms with Crippen molar-refractivity contribution in [2.24, 2.45) is 0 Å². The Bertz CT molecular complexity index is 642. The molecule has 0 spiro atoms. The van der Waals surface area contributed by atoms with Gasteiger partial charge in [-0.2, -0.15) is 0 Å². The fourth-order valence-electron chi connectivity index (χ4n) is 2.23. The first kappa shape index (κ1) is 17.4. The highest BCUT2D eigenvalue weighted by molar-refractivity contribution is 7.13. The lowest BCUT2D eigenvalue weighted by atomic mass is 10.2.